The van der Waals surface area contributed by atoms with E-state index in [1.54, 1.807) is 24.3 Å². The van der Waals surface area contributed by atoms with E-state index in [4.69, 9.17) is 32.7 Å². The number of nitrogens with zero attached hydrogens (tertiary/aromatic N) is 1. The first kappa shape index (κ1) is 29.0. The van der Waals surface area contributed by atoms with Gasteiger partial charge in [-0.05, 0) is 60.7 Å². The lowest BCUT2D eigenvalue weighted by atomic mass is 10.0. The average molecular weight is 556 g/mol. The third-order valence-corrected chi connectivity index (χ3v) is 6.23. The molecule has 0 spiro atoms. The fourth-order valence-electron chi connectivity index (χ4n) is 3.55. The maximum absolute atomic E-state index is 12.9. The van der Waals surface area contributed by atoms with Gasteiger partial charge in [-0.25, -0.2) is 5.43 Å². The van der Waals surface area contributed by atoms with Crippen LogP contribution in [0.3, 0.4) is 0 Å². The molecule has 0 aliphatic heterocycles. The molecule has 3 rings (SSSR count). The highest BCUT2D eigenvalue weighted by atomic mass is 35.5. The van der Waals surface area contributed by atoms with Crippen LogP contribution in [-0.2, 0) is 16.2 Å². The SMILES string of the molecule is Cc1ccccc1OCC(=O)N[C@@H](CC(C)C)C(=O)N/N=C\c1ccccc1OCc1ccc(Cl)c(Cl)c1. The molecular formula is C29H31Cl2N3O4. The van der Waals surface area contributed by atoms with Crippen molar-refractivity contribution in [3.05, 3.63) is 93.5 Å². The number of para-hydroxylation sites is 2. The van der Waals surface area contributed by atoms with Crippen molar-refractivity contribution in [2.24, 2.45) is 11.0 Å². The summed E-state index contributed by atoms with van der Waals surface area (Å²) in [5.74, 6) is 0.560. The number of hydrazone groups is 1. The molecule has 0 heterocycles. The van der Waals surface area contributed by atoms with Crippen LogP contribution in [0.15, 0.2) is 71.8 Å². The molecule has 3 aromatic carbocycles. The second-order valence-electron chi connectivity index (χ2n) is 9.11. The number of hydrogen-bond acceptors (Lipinski definition) is 5. The monoisotopic (exact) mass is 555 g/mol. The molecule has 3 aromatic rings. The van der Waals surface area contributed by atoms with E-state index in [2.05, 4.69) is 15.8 Å². The second-order valence-corrected chi connectivity index (χ2v) is 9.93. The Morgan fingerprint density at radius 2 is 1.66 bits per heavy atom. The first-order chi connectivity index (χ1) is 18.2. The third kappa shape index (κ3) is 9.08. The van der Waals surface area contributed by atoms with Gasteiger partial charge in [0.05, 0.1) is 16.3 Å². The molecule has 0 aliphatic carbocycles. The molecule has 0 radical (unpaired) electrons. The summed E-state index contributed by atoms with van der Waals surface area (Å²) in [6.45, 7) is 5.93. The molecule has 2 N–H and O–H groups in total. The Morgan fingerprint density at radius 3 is 2.37 bits per heavy atom. The predicted molar refractivity (Wildman–Crippen MR) is 151 cm³/mol. The minimum absolute atomic E-state index is 0.169. The van der Waals surface area contributed by atoms with Gasteiger partial charge in [0.25, 0.3) is 11.8 Å². The molecule has 0 fully saturated rings. The van der Waals surface area contributed by atoms with E-state index in [0.717, 1.165) is 11.1 Å². The number of benzene rings is 3. The summed E-state index contributed by atoms with van der Waals surface area (Å²) >= 11 is 12.1. The first-order valence-electron chi connectivity index (χ1n) is 12.2. The molecule has 2 amide bonds. The van der Waals surface area contributed by atoms with Crippen LogP contribution >= 0.6 is 23.2 Å². The number of rotatable bonds is 12. The molecule has 9 heteroatoms. The van der Waals surface area contributed by atoms with Crippen LogP contribution in [0.2, 0.25) is 10.0 Å². The molecule has 0 bridgehead atoms. The number of aryl methyl sites for hydroxylation is 1. The molecule has 0 saturated carbocycles. The van der Waals surface area contributed by atoms with Crippen LogP contribution in [0.1, 0.15) is 37.0 Å². The van der Waals surface area contributed by atoms with Crippen molar-refractivity contribution in [1.29, 1.82) is 0 Å². The van der Waals surface area contributed by atoms with Gasteiger partial charge >= 0.3 is 0 Å². The van der Waals surface area contributed by atoms with Crippen LogP contribution < -0.4 is 20.2 Å². The first-order valence-corrected chi connectivity index (χ1v) is 12.9. The minimum Gasteiger partial charge on any atom is -0.488 e. The largest absolute Gasteiger partial charge is 0.488 e. The maximum atomic E-state index is 12.9. The Labute approximate surface area is 233 Å². The standard InChI is InChI=1S/C29H31Cl2N3O4/c1-19(2)14-25(33-28(35)18-38-26-10-6-4-8-20(26)3)29(36)34-32-16-22-9-5-7-11-27(22)37-17-21-12-13-23(30)24(31)15-21/h4-13,15-16,19,25H,14,17-18H2,1-3H3,(H,33,35)(H,34,36)/b32-16-/t25-/m0/s1. The van der Waals surface area contributed by atoms with Crippen molar-refractivity contribution < 1.29 is 19.1 Å². The number of halogens is 2. The van der Waals surface area contributed by atoms with Gasteiger partial charge in [-0.1, -0.05) is 73.4 Å². The Bertz CT molecular complexity index is 1280. The normalized spacial score (nSPS) is 11.8. The molecule has 7 nitrogen and oxygen atoms in total. The molecule has 0 aromatic heterocycles. The van der Waals surface area contributed by atoms with Crippen molar-refractivity contribution >= 4 is 41.2 Å². The summed E-state index contributed by atoms with van der Waals surface area (Å²) in [5, 5.41) is 7.78. The quantitative estimate of drug-likeness (QED) is 0.214. The highest BCUT2D eigenvalue weighted by Crippen LogP contribution is 2.24. The van der Waals surface area contributed by atoms with E-state index in [-0.39, 0.29) is 25.0 Å². The Kier molecular flexibility index (Phi) is 11.0. The van der Waals surface area contributed by atoms with E-state index in [0.29, 0.717) is 33.5 Å². The predicted octanol–water partition coefficient (Wildman–Crippen LogP) is 5.94. The summed E-state index contributed by atoms with van der Waals surface area (Å²) in [6, 6.07) is 19.3. The highest BCUT2D eigenvalue weighted by Gasteiger charge is 2.22. The van der Waals surface area contributed by atoms with Crippen molar-refractivity contribution in [1.82, 2.24) is 10.7 Å². The number of carbonyl (C=O) groups is 2. The van der Waals surface area contributed by atoms with Crippen LogP contribution in [0.5, 0.6) is 11.5 Å². The lowest BCUT2D eigenvalue weighted by Gasteiger charge is -2.19. The average Bonchev–Trinajstić information content (AvgIpc) is 2.89. The van der Waals surface area contributed by atoms with Gasteiger partial charge < -0.3 is 14.8 Å². The van der Waals surface area contributed by atoms with E-state index in [1.165, 1.54) is 6.21 Å². The van der Waals surface area contributed by atoms with Gasteiger partial charge in [0.2, 0.25) is 0 Å². The summed E-state index contributed by atoms with van der Waals surface area (Å²) in [7, 11) is 0. The zero-order valence-electron chi connectivity index (χ0n) is 21.5. The molecule has 0 aliphatic rings. The maximum Gasteiger partial charge on any atom is 0.262 e. The van der Waals surface area contributed by atoms with Crippen LogP contribution in [0.4, 0.5) is 0 Å². The number of carbonyl (C=O) groups excluding carboxylic acids is 2. The van der Waals surface area contributed by atoms with Gasteiger partial charge in [-0.2, -0.15) is 5.10 Å². The van der Waals surface area contributed by atoms with Crippen molar-refractivity contribution in [2.45, 2.75) is 39.8 Å². The molecule has 200 valence electrons. The van der Waals surface area contributed by atoms with E-state index in [9.17, 15) is 9.59 Å². The Morgan fingerprint density at radius 1 is 0.947 bits per heavy atom. The minimum atomic E-state index is -0.763. The van der Waals surface area contributed by atoms with Gasteiger partial charge in [-0.3, -0.25) is 9.59 Å². The number of hydrogen-bond donors (Lipinski definition) is 2. The number of ether oxygens (including phenoxy) is 2. The third-order valence-electron chi connectivity index (χ3n) is 5.49. The topological polar surface area (TPSA) is 89.0 Å². The summed E-state index contributed by atoms with van der Waals surface area (Å²) in [6.07, 6.45) is 1.94. The van der Waals surface area contributed by atoms with Gasteiger partial charge in [0.1, 0.15) is 24.1 Å². The molecule has 0 unspecified atom stereocenters. The van der Waals surface area contributed by atoms with E-state index < -0.39 is 11.9 Å². The summed E-state index contributed by atoms with van der Waals surface area (Å²) in [4.78, 5) is 25.4. The Hall–Kier alpha value is -3.55. The van der Waals surface area contributed by atoms with Gasteiger partial charge in [0.15, 0.2) is 6.61 Å². The number of nitrogens with one attached hydrogen (secondary N) is 2. The zero-order valence-corrected chi connectivity index (χ0v) is 23.1. The van der Waals surface area contributed by atoms with Crippen LogP contribution in [0, 0.1) is 12.8 Å². The number of amides is 2. The zero-order chi connectivity index (χ0) is 27.5. The van der Waals surface area contributed by atoms with Crippen molar-refractivity contribution in [3.8, 4) is 11.5 Å². The molecule has 0 saturated heterocycles. The van der Waals surface area contributed by atoms with Gasteiger partial charge in [0, 0.05) is 5.56 Å². The van der Waals surface area contributed by atoms with Crippen LogP contribution in [-0.4, -0.2) is 30.7 Å². The lowest BCUT2D eigenvalue weighted by Crippen LogP contribution is -2.47. The molecule has 38 heavy (non-hydrogen) atoms. The van der Waals surface area contributed by atoms with Crippen LogP contribution in [0.25, 0.3) is 0 Å². The second kappa shape index (κ2) is 14.4. The summed E-state index contributed by atoms with van der Waals surface area (Å²) < 4.78 is 11.5. The van der Waals surface area contributed by atoms with E-state index >= 15 is 0 Å². The van der Waals surface area contributed by atoms with E-state index in [1.807, 2.05) is 63.2 Å². The molecular weight excluding hydrogens is 525 g/mol. The fraction of sp³-hybridized carbons (Fsp3) is 0.276. The lowest BCUT2D eigenvalue weighted by molar-refractivity contribution is -0.130. The van der Waals surface area contributed by atoms with Crippen molar-refractivity contribution in [3.63, 3.8) is 0 Å². The summed E-state index contributed by atoms with van der Waals surface area (Å²) in [5.41, 5.74) is 4.98. The van der Waals surface area contributed by atoms with Crippen molar-refractivity contribution in [2.75, 3.05) is 6.61 Å². The van der Waals surface area contributed by atoms with Gasteiger partial charge in [-0.15, -0.1) is 0 Å². The molecule has 1 atom stereocenters. The highest BCUT2D eigenvalue weighted by molar-refractivity contribution is 6.42. The smallest absolute Gasteiger partial charge is 0.262 e. The Balaban J connectivity index is 1.58. The fourth-order valence-corrected chi connectivity index (χ4v) is 3.87.